The molecule has 0 amide bonds. The van der Waals surface area contributed by atoms with Crippen LogP contribution in [0.3, 0.4) is 0 Å². The van der Waals surface area contributed by atoms with Gasteiger partial charge in [-0.3, -0.25) is 0 Å². The average molecular weight is 304 g/mol. The maximum absolute atomic E-state index is 5.72. The second kappa shape index (κ2) is 6.97. The van der Waals surface area contributed by atoms with Crippen molar-refractivity contribution in [2.24, 2.45) is 0 Å². The molecule has 114 valence electrons. The van der Waals surface area contributed by atoms with Crippen molar-refractivity contribution in [3.63, 3.8) is 0 Å². The third-order valence-corrected chi connectivity index (χ3v) is 15.5. The molecule has 3 atom stereocenters. The Bertz CT molecular complexity index is 262. The highest BCUT2D eigenvalue weighted by Crippen LogP contribution is 2.51. The van der Waals surface area contributed by atoms with Crippen LogP contribution in [0.15, 0.2) is 0 Å². The zero-order valence-corrected chi connectivity index (χ0v) is 15.8. The first-order valence-corrected chi connectivity index (χ1v) is 11.0. The summed E-state index contributed by atoms with van der Waals surface area (Å²) in [5.74, 6) is 1.15. The fraction of sp³-hybridized carbons (Fsp3) is 1.00. The van der Waals surface area contributed by atoms with E-state index in [-0.39, 0.29) is 0 Å². The molecule has 19 heavy (non-hydrogen) atoms. The summed E-state index contributed by atoms with van der Waals surface area (Å²) in [6.07, 6.45) is 0.378. The molecule has 3 unspecified atom stereocenters. The standard InChI is InChI=1S/C15H33NOSSi/c1-10(2)19(11(3)4,12(5)6)15-14(16-7)13(17-8)9-18-15/h10-16H,9H2,1-8H3. The van der Waals surface area contributed by atoms with Gasteiger partial charge in [-0.05, 0) is 23.7 Å². The number of hydrogen-bond acceptors (Lipinski definition) is 3. The molecule has 1 N–H and O–H groups in total. The Morgan fingerprint density at radius 3 is 1.84 bits per heavy atom. The Morgan fingerprint density at radius 2 is 1.53 bits per heavy atom. The van der Waals surface area contributed by atoms with Crippen LogP contribution in [0.1, 0.15) is 41.5 Å². The monoisotopic (exact) mass is 303 g/mol. The Labute approximate surface area is 125 Å². The molecule has 0 spiro atoms. The first-order chi connectivity index (χ1) is 8.83. The third-order valence-electron chi connectivity index (χ3n) is 5.30. The van der Waals surface area contributed by atoms with Gasteiger partial charge in [0.15, 0.2) is 0 Å². The molecule has 1 heterocycles. The van der Waals surface area contributed by atoms with Gasteiger partial charge in [-0.1, -0.05) is 41.5 Å². The maximum atomic E-state index is 5.72. The molecule has 0 radical (unpaired) electrons. The Morgan fingerprint density at radius 1 is 1.05 bits per heavy atom. The van der Waals surface area contributed by atoms with E-state index < -0.39 is 8.07 Å². The number of thioether (sulfide) groups is 1. The summed E-state index contributed by atoms with van der Waals surface area (Å²) in [5.41, 5.74) is 2.45. The highest BCUT2D eigenvalue weighted by atomic mass is 32.2. The predicted molar refractivity (Wildman–Crippen MR) is 90.9 cm³/mol. The summed E-state index contributed by atoms with van der Waals surface area (Å²) in [4.78, 5) is 0.766. The van der Waals surface area contributed by atoms with Crippen LogP contribution >= 0.6 is 11.8 Å². The minimum absolute atomic E-state index is 0.378. The predicted octanol–water partition coefficient (Wildman–Crippen LogP) is 3.92. The number of nitrogens with one attached hydrogen (secondary N) is 1. The summed E-state index contributed by atoms with van der Waals surface area (Å²) in [5, 5.41) is 3.57. The van der Waals surface area contributed by atoms with Gasteiger partial charge in [-0.2, -0.15) is 11.8 Å². The zero-order valence-electron chi connectivity index (χ0n) is 14.0. The van der Waals surface area contributed by atoms with E-state index in [0.717, 1.165) is 27.2 Å². The smallest absolute Gasteiger partial charge is 0.0822 e. The lowest BCUT2D eigenvalue weighted by Gasteiger charge is -2.49. The molecule has 1 aliphatic rings. The Kier molecular flexibility index (Phi) is 6.43. The lowest BCUT2D eigenvalue weighted by molar-refractivity contribution is 0.0988. The lowest BCUT2D eigenvalue weighted by Crippen LogP contribution is -2.61. The molecular formula is C15H33NOSSi. The van der Waals surface area contributed by atoms with Gasteiger partial charge >= 0.3 is 0 Å². The van der Waals surface area contributed by atoms with E-state index in [4.69, 9.17) is 4.74 Å². The van der Waals surface area contributed by atoms with Crippen LogP contribution in [-0.4, -0.2) is 45.0 Å². The van der Waals surface area contributed by atoms with Crippen molar-refractivity contribution in [1.29, 1.82) is 0 Å². The SMILES string of the molecule is CNC1C(OC)CSC1[Si](C(C)C)(C(C)C)C(C)C. The molecule has 2 nitrogen and oxygen atoms in total. The third kappa shape index (κ3) is 2.92. The molecule has 0 bridgehead atoms. The van der Waals surface area contributed by atoms with Gasteiger partial charge in [-0.25, -0.2) is 0 Å². The number of likely N-dealkylation sites (N-methyl/N-ethyl adjacent to an activating group) is 1. The molecular weight excluding hydrogens is 270 g/mol. The van der Waals surface area contributed by atoms with Crippen molar-refractivity contribution in [1.82, 2.24) is 5.32 Å². The topological polar surface area (TPSA) is 21.3 Å². The fourth-order valence-corrected chi connectivity index (χ4v) is 16.7. The summed E-state index contributed by atoms with van der Waals surface area (Å²) >= 11 is 2.17. The zero-order chi connectivity index (χ0) is 14.8. The molecule has 0 aromatic rings. The van der Waals surface area contributed by atoms with Gasteiger partial charge in [-0.15, -0.1) is 0 Å². The largest absolute Gasteiger partial charge is 0.379 e. The van der Waals surface area contributed by atoms with Crippen LogP contribution in [0, 0.1) is 0 Å². The molecule has 0 aromatic carbocycles. The molecule has 1 rings (SSSR count). The molecule has 0 aromatic heterocycles. The second-order valence-electron chi connectivity index (χ2n) is 6.81. The van der Waals surface area contributed by atoms with Gasteiger partial charge < -0.3 is 10.1 Å². The molecule has 1 fully saturated rings. The lowest BCUT2D eigenvalue weighted by atomic mass is 10.2. The van der Waals surface area contributed by atoms with Crippen molar-refractivity contribution in [2.45, 2.75) is 75.2 Å². The first kappa shape index (κ1) is 17.5. The van der Waals surface area contributed by atoms with Crippen molar-refractivity contribution >= 4 is 19.8 Å². The molecule has 0 saturated carbocycles. The summed E-state index contributed by atoms with van der Waals surface area (Å²) in [6.45, 7) is 14.7. The van der Waals surface area contributed by atoms with Crippen molar-refractivity contribution in [3.05, 3.63) is 0 Å². The van der Waals surface area contributed by atoms with Crippen LogP contribution in [0.2, 0.25) is 16.6 Å². The van der Waals surface area contributed by atoms with Crippen LogP contribution in [0.5, 0.6) is 0 Å². The Hall–Kier alpha value is 0.487. The van der Waals surface area contributed by atoms with Crippen LogP contribution < -0.4 is 5.32 Å². The first-order valence-electron chi connectivity index (χ1n) is 7.65. The highest BCUT2D eigenvalue weighted by Gasteiger charge is 2.55. The van der Waals surface area contributed by atoms with E-state index >= 15 is 0 Å². The van der Waals surface area contributed by atoms with E-state index in [0.29, 0.717) is 12.1 Å². The molecule has 1 saturated heterocycles. The Balaban J connectivity index is 3.18. The molecule has 4 heteroatoms. The van der Waals surface area contributed by atoms with Crippen LogP contribution in [0.25, 0.3) is 0 Å². The quantitative estimate of drug-likeness (QED) is 0.751. The van der Waals surface area contributed by atoms with E-state index in [9.17, 15) is 0 Å². The van der Waals surface area contributed by atoms with E-state index in [1.165, 1.54) is 0 Å². The number of ether oxygens (including phenoxy) is 1. The van der Waals surface area contributed by atoms with Crippen molar-refractivity contribution in [2.75, 3.05) is 19.9 Å². The van der Waals surface area contributed by atoms with Crippen LogP contribution in [-0.2, 0) is 4.74 Å². The minimum atomic E-state index is -1.42. The highest BCUT2D eigenvalue weighted by molar-refractivity contribution is 8.02. The normalized spacial score (nSPS) is 28.9. The molecule has 0 aliphatic carbocycles. The van der Waals surface area contributed by atoms with Crippen molar-refractivity contribution < 1.29 is 4.74 Å². The summed E-state index contributed by atoms with van der Waals surface area (Å²) < 4.78 is 5.72. The van der Waals surface area contributed by atoms with E-state index in [2.05, 4.69) is 65.7 Å². The fourth-order valence-electron chi connectivity index (χ4n) is 4.59. The van der Waals surface area contributed by atoms with Crippen molar-refractivity contribution in [3.8, 4) is 0 Å². The number of hydrogen-bond donors (Lipinski definition) is 1. The van der Waals surface area contributed by atoms with Gasteiger partial charge in [0.05, 0.1) is 14.2 Å². The summed E-state index contributed by atoms with van der Waals surface area (Å²) in [7, 11) is 2.55. The van der Waals surface area contributed by atoms with Gasteiger partial charge in [0.1, 0.15) is 0 Å². The van der Waals surface area contributed by atoms with Gasteiger partial charge in [0, 0.05) is 23.8 Å². The number of methoxy groups -OCH3 is 1. The number of rotatable bonds is 6. The summed E-state index contributed by atoms with van der Waals surface area (Å²) in [6, 6.07) is 0.522. The average Bonchev–Trinajstić information content (AvgIpc) is 2.71. The van der Waals surface area contributed by atoms with Gasteiger partial charge in [0.2, 0.25) is 0 Å². The molecule has 1 aliphatic heterocycles. The van der Waals surface area contributed by atoms with Gasteiger partial charge in [0.25, 0.3) is 0 Å². The minimum Gasteiger partial charge on any atom is -0.379 e. The maximum Gasteiger partial charge on any atom is 0.0822 e. The second-order valence-corrected chi connectivity index (χ2v) is 14.5. The van der Waals surface area contributed by atoms with Crippen LogP contribution in [0.4, 0.5) is 0 Å². The van der Waals surface area contributed by atoms with E-state index in [1.54, 1.807) is 0 Å². The van der Waals surface area contributed by atoms with E-state index in [1.807, 2.05) is 7.11 Å².